The third-order valence-corrected chi connectivity index (χ3v) is 4.38. The summed E-state index contributed by atoms with van der Waals surface area (Å²) in [6.45, 7) is 3.26. The molecule has 7 heteroatoms. The molecule has 0 spiro atoms. The van der Waals surface area contributed by atoms with Crippen molar-refractivity contribution in [3.8, 4) is 0 Å². The third kappa shape index (κ3) is 3.02. The summed E-state index contributed by atoms with van der Waals surface area (Å²) in [7, 11) is 2.13. The lowest BCUT2D eigenvalue weighted by Gasteiger charge is -2.35. The second-order valence-corrected chi connectivity index (χ2v) is 5.65. The largest absolute Gasteiger partial charge is 0.481 e. The number of hydrogen-bond acceptors (Lipinski definition) is 5. The number of aromatic nitrogens is 3. The molecule has 0 radical (unpaired) electrons. The van der Waals surface area contributed by atoms with Gasteiger partial charge in [0.2, 0.25) is 0 Å². The van der Waals surface area contributed by atoms with E-state index >= 15 is 0 Å². The second kappa shape index (κ2) is 5.71. The number of rotatable bonds is 4. The van der Waals surface area contributed by atoms with Crippen LogP contribution in [0.5, 0.6) is 0 Å². The van der Waals surface area contributed by atoms with E-state index in [1.165, 1.54) is 11.8 Å². The normalized spacial score (nSPS) is 25.2. The number of carboxylic acids is 1. The molecule has 2 rings (SSSR count). The predicted molar refractivity (Wildman–Crippen MR) is 68.7 cm³/mol. The van der Waals surface area contributed by atoms with Crippen LogP contribution in [-0.4, -0.2) is 56.1 Å². The minimum atomic E-state index is -0.828. The maximum Gasteiger partial charge on any atom is 0.313 e. The molecule has 1 fully saturated rings. The Morgan fingerprint density at radius 3 is 3.11 bits per heavy atom. The summed E-state index contributed by atoms with van der Waals surface area (Å²) in [5.74, 6) is -0.799. The Kier molecular flexibility index (Phi) is 4.23. The van der Waals surface area contributed by atoms with Crippen molar-refractivity contribution in [2.24, 2.45) is 0 Å². The van der Waals surface area contributed by atoms with Gasteiger partial charge in [0.15, 0.2) is 5.16 Å². The molecule has 0 saturated carbocycles. The number of hydrogen-bond donors (Lipinski definition) is 1. The Balaban J connectivity index is 2.04. The highest BCUT2D eigenvalue weighted by atomic mass is 32.2. The molecule has 2 atom stereocenters. The Bertz CT molecular complexity index is 423. The molecule has 1 saturated heterocycles. The topological polar surface area (TPSA) is 71.2 Å². The molecule has 0 amide bonds. The minimum Gasteiger partial charge on any atom is -0.481 e. The van der Waals surface area contributed by atoms with Crippen molar-refractivity contribution >= 4 is 17.7 Å². The number of carbonyl (C=O) groups is 1. The van der Waals surface area contributed by atoms with Crippen LogP contribution in [-0.2, 0) is 4.79 Å². The zero-order chi connectivity index (χ0) is 13.1. The molecular formula is C11H18N4O2S. The highest BCUT2D eigenvalue weighted by molar-refractivity contribution is 7.99. The van der Waals surface area contributed by atoms with E-state index in [0.717, 1.165) is 19.4 Å². The van der Waals surface area contributed by atoms with Gasteiger partial charge >= 0.3 is 5.97 Å². The van der Waals surface area contributed by atoms with Crippen LogP contribution in [0.2, 0.25) is 0 Å². The molecule has 0 aromatic carbocycles. The van der Waals surface area contributed by atoms with E-state index < -0.39 is 5.97 Å². The van der Waals surface area contributed by atoms with Gasteiger partial charge in [-0.25, -0.2) is 0 Å². The summed E-state index contributed by atoms with van der Waals surface area (Å²) in [6, 6.07) is 0.908. The van der Waals surface area contributed by atoms with Gasteiger partial charge in [-0.1, -0.05) is 11.8 Å². The maximum absolute atomic E-state index is 10.6. The molecule has 18 heavy (non-hydrogen) atoms. The van der Waals surface area contributed by atoms with Crippen LogP contribution >= 0.6 is 11.8 Å². The van der Waals surface area contributed by atoms with Gasteiger partial charge in [-0.15, -0.1) is 10.2 Å². The van der Waals surface area contributed by atoms with E-state index in [4.69, 9.17) is 5.11 Å². The van der Waals surface area contributed by atoms with Crippen LogP contribution in [0.4, 0.5) is 0 Å². The Morgan fingerprint density at radius 1 is 1.67 bits per heavy atom. The minimum absolute atomic E-state index is 0.0286. The van der Waals surface area contributed by atoms with Crippen LogP contribution in [0.1, 0.15) is 25.8 Å². The molecule has 1 aliphatic heterocycles. The highest BCUT2D eigenvalue weighted by Gasteiger charge is 2.25. The van der Waals surface area contributed by atoms with Crippen LogP contribution in [0.3, 0.4) is 0 Å². The summed E-state index contributed by atoms with van der Waals surface area (Å²) in [4.78, 5) is 12.9. The van der Waals surface area contributed by atoms with Crippen molar-refractivity contribution in [2.75, 3.05) is 19.3 Å². The first-order valence-electron chi connectivity index (χ1n) is 6.02. The van der Waals surface area contributed by atoms with Crippen molar-refractivity contribution in [3.63, 3.8) is 0 Å². The maximum atomic E-state index is 10.6. The van der Waals surface area contributed by atoms with Gasteiger partial charge in [-0.3, -0.25) is 4.79 Å². The number of thioether (sulfide) groups is 1. The fourth-order valence-electron chi connectivity index (χ4n) is 2.23. The van der Waals surface area contributed by atoms with Crippen molar-refractivity contribution in [1.29, 1.82) is 0 Å². The van der Waals surface area contributed by atoms with Crippen LogP contribution < -0.4 is 0 Å². The molecule has 1 aromatic rings. The number of carboxylic acid groups (broad SMARTS) is 1. The molecule has 2 unspecified atom stereocenters. The molecule has 1 N–H and O–H groups in total. The highest BCUT2D eigenvalue weighted by Crippen LogP contribution is 2.29. The van der Waals surface area contributed by atoms with Gasteiger partial charge < -0.3 is 14.6 Å². The lowest BCUT2D eigenvalue weighted by Crippen LogP contribution is -2.38. The zero-order valence-corrected chi connectivity index (χ0v) is 11.4. The fourth-order valence-corrected chi connectivity index (χ4v) is 2.93. The van der Waals surface area contributed by atoms with Crippen LogP contribution in [0.25, 0.3) is 0 Å². The average Bonchev–Trinajstić information content (AvgIpc) is 2.78. The van der Waals surface area contributed by atoms with Gasteiger partial charge in [-0.2, -0.15) is 0 Å². The SMILES string of the molecule is CC1CC(n2cnnc2SCC(=O)O)CCN1C. The number of piperidine rings is 1. The second-order valence-electron chi connectivity index (χ2n) is 4.71. The average molecular weight is 270 g/mol. The van der Waals surface area contributed by atoms with E-state index in [9.17, 15) is 4.79 Å². The quantitative estimate of drug-likeness (QED) is 0.826. The van der Waals surface area contributed by atoms with Gasteiger partial charge in [0.25, 0.3) is 0 Å². The molecule has 6 nitrogen and oxygen atoms in total. The summed E-state index contributed by atoms with van der Waals surface area (Å²) >= 11 is 1.23. The Morgan fingerprint density at radius 2 is 2.44 bits per heavy atom. The first-order chi connectivity index (χ1) is 8.58. The van der Waals surface area contributed by atoms with E-state index in [2.05, 4.69) is 29.1 Å². The lowest BCUT2D eigenvalue weighted by molar-refractivity contribution is -0.133. The first kappa shape index (κ1) is 13.4. The number of aliphatic carboxylic acids is 1. The van der Waals surface area contributed by atoms with E-state index in [-0.39, 0.29) is 5.75 Å². The number of likely N-dealkylation sites (tertiary alicyclic amines) is 1. The smallest absolute Gasteiger partial charge is 0.313 e. The molecular weight excluding hydrogens is 252 g/mol. The first-order valence-corrected chi connectivity index (χ1v) is 7.01. The summed E-state index contributed by atoms with van der Waals surface area (Å²) < 4.78 is 2.02. The van der Waals surface area contributed by atoms with E-state index in [1.54, 1.807) is 6.33 Å². The molecule has 2 heterocycles. The van der Waals surface area contributed by atoms with Gasteiger partial charge in [0, 0.05) is 18.6 Å². The lowest BCUT2D eigenvalue weighted by atomic mass is 9.99. The predicted octanol–water partition coefficient (Wildman–Crippen LogP) is 1.11. The van der Waals surface area contributed by atoms with Crippen LogP contribution in [0, 0.1) is 0 Å². The third-order valence-electron chi connectivity index (χ3n) is 3.44. The van der Waals surface area contributed by atoms with Gasteiger partial charge in [0.05, 0.1) is 5.75 Å². The summed E-state index contributed by atoms with van der Waals surface area (Å²) in [5.41, 5.74) is 0. The van der Waals surface area contributed by atoms with E-state index in [1.807, 2.05) is 4.57 Å². The van der Waals surface area contributed by atoms with Crippen molar-refractivity contribution in [3.05, 3.63) is 6.33 Å². The monoisotopic (exact) mass is 270 g/mol. The van der Waals surface area contributed by atoms with Crippen molar-refractivity contribution < 1.29 is 9.90 Å². The molecule has 0 aliphatic carbocycles. The Labute approximate surface area is 110 Å². The summed E-state index contributed by atoms with van der Waals surface area (Å²) in [6.07, 6.45) is 3.82. The molecule has 1 aliphatic rings. The van der Waals surface area contributed by atoms with Gasteiger partial charge in [0.1, 0.15) is 6.33 Å². The standard InChI is InChI=1S/C11H18N4O2S/c1-8-5-9(3-4-14(8)2)15-7-12-13-11(15)18-6-10(16)17/h7-9H,3-6H2,1-2H3,(H,16,17). The molecule has 0 bridgehead atoms. The molecule has 1 aromatic heterocycles. The summed E-state index contributed by atoms with van der Waals surface area (Å²) in [5, 5.41) is 17.3. The van der Waals surface area contributed by atoms with E-state index in [0.29, 0.717) is 17.2 Å². The fraction of sp³-hybridized carbons (Fsp3) is 0.727. The van der Waals surface area contributed by atoms with Crippen molar-refractivity contribution in [2.45, 2.75) is 37.0 Å². The van der Waals surface area contributed by atoms with Crippen LogP contribution in [0.15, 0.2) is 11.5 Å². The molecule has 100 valence electrons. The van der Waals surface area contributed by atoms with Gasteiger partial charge in [-0.05, 0) is 26.8 Å². The number of nitrogens with zero attached hydrogens (tertiary/aromatic N) is 4. The van der Waals surface area contributed by atoms with Crippen molar-refractivity contribution in [1.82, 2.24) is 19.7 Å². The zero-order valence-electron chi connectivity index (χ0n) is 10.6. The Hall–Kier alpha value is -1.08.